The van der Waals surface area contributed by atoms with Crippen molar-refractivity contribution in [2.45, 2.75) is 59.8 Å². The number of carbonyl (C=O) groups is 2. The smallest absolute Gasteiger partial charge is 0.230 e. The van der Waals surface area contributed by atoms with Gasteiger partial charge in [-0.05, 0) is 19.3 Å². The van der Waals surface area contributed by atoms with Crippen molar-refractivity contribution in [3.63, 3.8) is 0 Å². The van der Waals surface area contributed by atoms with Crippen molar-refractivity contribution in [1.82, 2.24) is 15.0 Å². The quantitative estimate of drug-likeness (QED) is 0.137. The molecule has 0 aromatic rings. The van der Waals surface area contributed by atoms with Gasteiger partial charge in [0.1, 0.15) is 0 Å². The number of aliphatic hydroxyl groups excluding tert-OH is 1. The Hall–Kier alpha value is -1.45. The van der Waals surface area contributed by atoms with Gasteiger partial charge < -0.3 is 25.9 Å². The molecular formula is C16H37N5O3S. The number of nitrogens with two attached hydrogens (primary N) is 2. The second-order valence-electron chi connectivity index (χ2n) is 4.51. The summed E-state index contributed by atoms with van der Waals surface area (Å²) in [6.45, 7) is 8.78. The fourth-order valence-electron chi connectivity index (χ4n) is 1.52. The molecule has 0 aliphatic rings. The van der Waals surface area contributed by atoms with Gasteiger partial charge in [-0.1, -0.05) is 40.5 Å². The van der Waals surface area contributed by atoms with Crippen LogP contribution < -0.4 is 21.6 Å². The van der Waals surface area contributed by atoms with E-state index in [1.54, 1.807) is 6.20 Å². The summed E-state index contributed by atoms with van der Waals surface area (Å²) in [5.74, 6) is 5.45. The van der Waals surface area contributed by atoms with Crippen LogP contribution in [0.25, 0.3) is 0 Å². The Balaban J connectivity index is -0.00000112. The number of hydrogen-bond donors (Lipinski definition) is 6. The fraction of sp³-hybridized carbons (Fsp3) is 0.750. The van der Waals surface area contributed by atoms with E-state index >= 15 is 0 Å². The summed E-state index contributed by atoms with van der Waals surface area (Å²) in [6.07, 6.45) is 4.08. The van der Waals surface area contributed by atoms with E-state index in [-0.39, 0.29) is 31.4 Å². The number of hydrazine groups is 1. The molecule has 0 aliphatic carbocycles. The van der Waals surface area contributed by atoms with Crippen LogP contribution >= 0.6 is 12.8 Å². The molecule has 0 atom stereocenters. The van der Waals surface area contributed by atoms with Gasteiger partial charge in [-0.2, -0.15) is 0 Å². The first kappa shape index (κ1) is 28.4. The first-order valence-electron chi connectivity index (χ1n) is 8.77. The Morgan fingerprint density at radius 2 is 1.68 bits per heavy atom. The average molecular weight is 380 g/mol. The van der Waals surface area contributed by atoms with Crippen LogP contribution in [0.5, 0.6) is 0 Å². The van der Waals surface area contributed by atoms with Crippen LogP contribution in [0.4, 0.5) is 0 Å². The minimum Gasteiger partial charge on any atom is -0.401 e. The van der Waals surface area contributed by atoms with E-state index in [0.29, 0.717) is 31.5 Å². The number of nitrogens with one attached hydrogen (secondary N) is 2. The molecule has 0 aromatic heterocycles. The highest BCUT2D eigenvalue weighted by Crippen LogP contribution is 2.01. The first-order valence-corrected chi connectivity index (χ1v) is 9.22. The molecule has 0 unspecified atom stereocenters. The standard InChI is InChI=1S/C12H25N5O3S.2C2H6/c13-10(4-5-12(20)16-21)9-17(14)7-2-1-3-11(19)15-6-8-18;2*1-2/h9,18,21H,1-8,13-14H2,(H,15,19)(H,16,20);2*1-2H3/b10-9-;;. The summed E-state index contributed by atoms with van der Waals surface area (Å²) < 4.78 is 2.21. The van der Waals surface area contributed by atoms with Gasteiger partial charge in [-0.25, -0.2) is 5.84 Å². The first-order chi connectivity index (χ1) is 12.0. The summed E-state index contributed by atoms with van der Waals surface area (Å²) in [6, 6.07) is 0. The van der Waals surface area contributed by atoms with Gasteiger partial charge in [0.05, 0.1) is 6.61 Å². The number of hydrogen-bond acceptors (Lipinski definition) is 7. The molecule has 25 heavy (non-hydrogen) atoms. The molecular weight excluding hydrogens is 342 g/mol. The monoisotopic (exact) mass is 379 g/mol. The minimum absolute atomic E-state index is 0.0579. The second-order valence-corrected chi connectivity index (χ2v) is 4.73. The van der Waals surface area contributed by atoms with E-state index in [4.69, 9.17) is 16.7 Å². The zero-order valence-electron chi connectivity index (χ0n) is 16.0. The second kappa shape index (κ2) is 22.6. The Kier molecular flexibility index (Phi) is 25.6. The van der Waals surface area contributed by atoms with Gasteiger partial charge in [0.25, 0.3) is 0 Å². The zero-order valence-corrected chi connectivity index (χ0v) is 16.9. The lowest BCUT2D eigenvalue weighted by molar-refractivity contribution is -0.121. The number of thiol groups is 1. The van der Waals surface area contributed by atoms with Gasteiger partial charge in [0.2, 0.25) is 11.8 Å². The predicted molar refractivity (Wildman–Crippen MR) is 106 cm³/mol. The van der Waals surface area contributed by atoms with Crippen LogP contribution in [-0.4, -0.2) is 41.6 Å². The van der Waals surface area contributed by atoms with Gasteiger partial charge in [0, 0.05) is 37.8 Å². The number of rotatable bonds is 11. The highest BCUT2D eigenvalue weighted by Gasteiger charge is 2.03. The number of carbonyl (C=O) groups excluding carboxylic acids is 2. The molecule has 150 valence electrons. The summed E-state index contributed by atoms with van der Waals surface area (Å²) in [4.78, 5) is 22.2. The van der Waals surface area contributed by atoms with Crippen molar-refractivity contribution in [2.24, 2.45) is 11.6 Å². The average Bonchev–Trinajstić information content (AvgIpc) is 2.64. The molecule has 7 N–H and O–H groups in total. The molecule has 8 nitrogen and oxygen atoms in total. The van der Waals surface area contributed by atoms with Crippen LogP contribution in [0.1, 0.15) is 59.8 Å². The highest BCUT2D eigenvalue weighted by atomic mass is 32.1. The Bertz CT molecular complexity index is 355. The van der Waals surface area contributed by atoms with Gasteiger partial charge in [-0.3, -0.25) is 9.59 Å². The van der Waals surface area contributed by atoms with Gasteiger partial charge in [0.15, 0.2) is 0 Å². The molecule has 0 aromatic carbocycles. The molecule has 0 saturated heterocycles. The van der Waals surface area contributed by atoms with Crippen molar-refractivity contribution in [3.05, 3.63) is 11.9 Å². The van der Waals surface area contributed by atoms with Crippen LogP contribution in [0.3, 0.4) is 0 Å². The van der Waals surface area contributed by atoms with E-state index < -0.39 is 0 Å². The molecule has 0 radical (unpaired) electrons. The number of allylic oxidation sites excluding steroid dienone is 1. The summed E-state index contributed by atoms with van der Waals surface area (Å²) in [5, 5.41) is 12.6. The van der Waals surface area contributed by atoms with Crippen molar-refractivity contribution < 1.29 is 14.7 Å². The van der Waals surface area contributed by atoms with Crippen LogP contribution in [0, 0.1) is 0 Å². The predicted octanol–water partition coefficient (Wildman–Crippen LogP) is 1.03. The van der Waals surface area contributed by atoms with Crippen molar-refractivity contribution >= 4 is 24.6 Å². The van der Waals surface area contributed by atoms with E-state index in [1.165, 1.54) is 5.01 Å². The molecule has 0 aliphatic heterocycles. The lowest BCUT2D eigenvalue weighted by Crippen LogP contribution is -2.29. The normalized spacial score (nSPS) is 9.80. The molecule has 0 spiro atoms. The molecule has 2 amide bonds. The molecule has 0 heterocycles. The third-order valence-electron chi connectivity index (χ3n) is 2.60. The third kappa shape index (κ3) is 22.6. The Morgan fingerprint density at radius 3 is 2.20 bits per heavy atom. The Labute approximate surface area is 157 Å². The summed E-state index contributed by atoms with van der Waals surface area (Å²) in [5.41, 5.74) is 6.24. The van der Waals surface area contributed by atoms with Gasteiger partial charge >= 0.3 is 0 Å². The maximum Gasteiger partial charge on any atom is 0.230 e. The molecule has 0 rings (SSSR count). The maximum atomic E-state index is 11.3. The van der Waals surface area contributed by atoms with Crippen molar-refractivity contribution in [2.75, 3.05) is 19.7 Å². The van der Waals surface area contributed by atoms with E-state index in [2.05, 4.69) is 22.9 Å². The van der Waals surface area contributed by atoms with Crippen LogP contribution in [0.2, 0.25) is 0 Å². The lowest BCUT2D eigenvalue weighted by Gasteiger charge is -2.14. The number of aliphatic hydroxyl groups is 1. The van der Waals surface area contributed by atoms with Crippen molar-refractivity contribution in [3.8, 4) is 0 Å². The largest absolute Gasteiger partial charge is 0.401 e. The minimum atomic E-state index is -0.202. The summed E-state index contributed by atoms with van der Waals surface area (Å²) >= 11 is 3.64. The number of amides is 2. The highest BCUT2D eigenvalue weighted by molar-refractivity contribution is 7.78. The van der Waals surface area contributed by atoms with Crippen LogP contribution in [-0.2, 0) is 9.59 Å². The van der Waals surface area contributed by atoms with E-state index in [0.717, 1.165) is 6.42 Å². The zero-order chi connectivity index (χ0) is 20.1. The third-order valence-corrected chi connectivity index (χ3v) is 2.85. The SMILES string of the molecule is CC.CC.N/C(=C\N(N)CCCCC(=O)NCCO)CCC(=O)NS. The molecule has 0 bridgehead atoms. The molecule has 0 saturated carbocycles. The summed E-state index contributed by atoms with van der Waals surface area (Å²) in [7, 11) is 0. The lowest BCUT2D eigenvalue weighted by atomic mass is 10.2. The number of nitrogens with zero attached hydrogens (tertiary/aromatic N) is 1. The van der Waals surface area contributed by atoms with E-state index in [9.17, 15) is 9.59 Å². The maximum absolute atomic E-state index is 11.3. The molecule has 9 heteroatoms. The fourth-order valence-corrected chi connectivity index (χ4v) is 1.63. The van der Waals surface area contributed by atoms with Crippen LogP contribution in [0.15, 0.2) is 11.9 Å². The topological polar surface area (TPSA) is 134 Å². The van der Waals surface area contributed by atoms with E-state index in [1.807, 2.05) is 27.7 Å². The Morgan fingerprint density at radius 1 is 1.08 bits per heavy atom. The van der Waals surface area contributed by atoms with Crippen molar-refractivity contribution in [1.29, 1.82) is 0 Å². The van der Waals surface area contributed by atoms with Gasteiger partial charge in [-0.15, -0.1) is 0 Å². The number of unbranched alkanes of at least 4 members (excludes halogenated alkanes) is 1. The molecule has 0 fully saturated rings.